The van der Waals surface area contributed by atoms with Crippen LogP contribution in [-0.4, -0.2) is 16.9 Å². The molecule has 3 aromatic rings. The van der Waals surface area contributed by atoms with Gasteiger partial charge in [-0.2, -0.15) is 4.99 Å². The maximum atomic E-state index is 5.89. The van der Waals surface area contributed by atoms with E-state index >= 15 is 0 Å². The van der Waals surface area contributed by atoms with Crippen LogP contribution in [0.25, 0.3) is 22.6 Å². The topological polar surface area (TPSA) is 129 Å². The van der Waals surface area contributed by atoms with E-state index in [1.807, 2.05) is 44.2 Å². The fourth-order valence-corrected chi connectivity index (χ4v) is 2.36. The van der Waals surface area contributed by atoms with Crippen LogP contribution in [0.2, 0.25) is 0 Å². The standard InChI is InChI=1S/C17H18N6O/c1-9-3-5-11(6-4-9)15-22-13-8-12(7-10(2)14(13)24-15)21-17(20)23-16(18)19/h3-8H,1-2H3,(H6,18,19,20,21,23). The van der Waals surface area contributed by atoms with E-state index in [0.717, 1.165) is 11.1 Å². The van der Waals surface area contributed by atoms with E-state index in [9.17, 15) is 0 Å². The minimum absolute atomic E-state index is 0.0176. The van der Waals surface area contributed by atoms with Gasteiger partial charge in [0.15, 0.2) is 11.5 Å². The van der Waals surface area contributed by atoms with Crippen LogP contribution in [0.3, 0.4) is 0 Å². The fraction of sp³-hybridized carbons (Fsp3) is 0.118. The molecule has 1 aromatic heterocycles. The molecule has 6 N–H and O–H groups in total. The molecule has 0 bridgehead atoms. The number of benzene rings is 2. The molecule has 1 heterocycles. The molecule has 24 heavy (non-hydrogen) atoms. The molecule has 0 fully saturated rings. The number of nitrogens with zero attached hydrogens (tertiary/aromatic N) is 3. The van der Waals surface area contributed by atoms with Gasteiger partial charge in [-0.1, -0.05) is 17.7 Å². The van der Waals surface area contributed by atoms with Crippen molar-refractivity contribution in [3.8, 4) is 11.5 Å². The summed E-state index contributed by atoms with van der Waals surface area (Å²) in [6.07, 6.45) is 0. The number of hydrogen-bond acceptors (Lipinski definition) is 3. The summed E-state index contributed by atoms with van der Waals surface area (Å²) in [5.41, 5.74) is 21.2. The van der Waals surface area contributed by atoms with Crippen LogP contribution in [0.4, 0.5) is 5.69 Å². The number of hydrogen-bond donors (Lipinski definition) is 3. The van der Waals surface area contributed by atoms with Crippen molar-refractivity contribution in [3.05, 3.63) is 47.5 Å². The molecule has 122 valence electrons. The summed E-state index contributed by atoms with van der Waals surface area (Å²) in [5, 5.41) is 0. The van der Waals surface area contributed by atoms with Gasteiger partial charge in [0.2, 0.25) is 11.9 Å². The zero-order valence-electron chi connectivity index (χ0n) is 13.4. The third kappa shape index (κ3) is 3.19. The normalized spacial score (nSPS) is 11.7. The van der Waals surface area contributed by atoms with Gasteiger partial charge in [-0.25, -0.2) is 9.98 Å². The van der Waals surface area contributed by atoms with Crippen LogP contribution in [-0.2, 0) is 0 Å². The van der Waals surface area contributed by atoms with Crippen molar-refractivity contribution in [2.24, 2.45) is 27.2 Å². The number of fused-ring (bicyclic) bond motifs is 1. The summed E-state index contributed by atoms with van der Waals surface area (Å²) in [6.45, 7) is 3.95. The van der Waals surface area contributed by atoms with Crippen molar-refractivity contribution in [1.82, 2.24) is 4.98 Å². The smallest absolute Gasteiger partial charge is 0.227 e. The summed E-state index contributed by atoms with van der Waals surface area (Å²) in [4.78, 5) is 12.4. The Morgan fingerprint density at radius 3 is 2.42 bits per heavy atom. The summed E-state index contributed by atoms with van der Waals surface area (Å²) >= 11 is 0. The third-order valence-electron chi connectivity index (χ3n) is 3.45. The second kappa shape index (κ2) is 6.04. The van der Waals surface area contributed by atoms with Gasteiger partial charge in [-0.3, -0.25) is 0 Å². The number of rotatable bonds is 2. The van der Waals surface area contributed by atoms with Crippen molar-refractivity contribution in [2.75, 3.05) is 0 Å². The lowest BCUT2D eigenvalue weighted by molar-refractivity contribution is 0.617. The molecule has 0 aliphatic heterocycles. The van der Waals surface area contributed by atoms with Crippen LogP contribution in [0.1, 0.15) is 11.1 Å². The minimum Gasteiger partial charge on any atom is -0.436 e. The van der Waals surface area contributed by atoms with Crippen LogP contribution < -0.4 is 17.2 Å². The van der Waals surface area contributed by atoms with Crippen molar-refractivity contribution >= 4 is 28.7 Å². The second-order valence-electron chi connectivity index (χ2n) is 5.50. The second-order valence-corrected chi connectivity index (χ2v) is 5.50. The van der Waals surface area contributed by atoms with Crippen molar-refractivity contribution in [2.45, 2.75) is 13.8 Å². The highest BCUT2D eigenvalue weighted by atomic mass is 16.3. The summed E-state index contributed by atoms with van der Waals surface area (Å²) in [6, 6.07) is 11.6. The number of aliphatic imine (C=N–C) groups is 2. The first-order valence-electron chi connectivity index (χ1n) is 7.34. The van der Waals surface area contributed by atoms with Gasteiger partial charge in [0.1, 0.15) is 5.52 Å². The SMILES string of the molecule is Cc1ccc(-c2nc3cc(N=C(N)N=C(N)N)cc(C)c3o2)cc1. The highest BCUT2D eigenvalue weighted by molar-refractivity contribution is 5.94. The number of aromatic nitrogens is 1. The zero-order chi connectivity index (χ0) is 17.3. The fourth-order valence-electron chi connectivity index (χ4n) is 2.36. The Balaban J connectivity index is 2.05. The maximum absolute atomic E-state index is 5.89. The predicted octanol–water partition coefficient (Wildman–Crippen LogP) is 2.33. The lowest BCUT2D eigenvalue weighted by Crippen LogP contribution is -2.26. The first kappa shape index (κ1) is 15.5. The van der Waals surface area contributed by atoms with Gasteiger partial charge in [0.05, 0.1) is 5.69 Å². The van der Waals surface area contributed by atoms with Gasteiger partial charge in [-0.15, -0.1) is 0 Å². The van der Waals surface area contributed by atoms with E-state index in [1.54, 1.807) is 6.07 Å². The molecule has 0 aliphatic carbocycles. The molecule has 7 heteroatoms. The average Bonchev–Trinajstić information content (AvgIpc) is 2.91. The van der Waals surface area contributed by atoms with Crippen LogP contribution in [0.15, 0.2) is 50.8 Å². The average molecular weight is 322 g/mol. The third-order valence-corrected chi connectivity index (χ3v) is 3.45. The zero-order valence-corrected chi connectivity index (χ0v) is 13.4. The van der Waals surface area contributed by atoms with Crippen LogP contribution in [0.5, 0.6) is 0 Å². The Hall–Kier alpha value is -3.35. The Morgan fingerprint density at radius 2 is 1.75 bits per heavy atom. The quantitative estimate of drug-likeness (QED) is 0.492. The van der Waals surface area contributed by atoms with Gasteiger partial charge < -0.3 is 21.6 Å². The Bertz CT molecular complexity index is 949. The molecule has 0 spiro atoms. The number of nitrogens with two attached hydrogens (primary N) is 3. The van der Waals surface area contributed by atoms with E-state index in [-0.39, 0.29) is 11.9 Å². The van der Waals surface area contributed by atoms with Gasteiger partial charge in [-0.05, 0) is 43.7 Å². The lowest BCUT2D eigenvalue weighted by atomic mass is 10.1. The molecule has 0 saturated heterocycles. The largest absolute Gasteiger partial charge is 0.436 e. The molecule has 3 rings (SSSR count). The van der Waals surface area contributed by atoms with Crippen molar-refractivity contribution < 1.29 is 4.42 Å². The molecule has 0 unspecified atom stereocenters. The van der Waals surface area contributed by atoms with Gasteiger partial charge in [0, 0.05) is 5.56 Å². The molecule has 2 aromatic carbocycles. The summed E-state index contributed by atoms with van der Waals surface area (Å²) in [5.74, 6) is 0.402. The molecule has 0 saturated carbocycles. The molecule has 7 nitrogen and oxygen atoms in total. The first-order valence-corrected chi connectivity index (χ1v) is 7.34. The Labute approximate surface area is 138 Å². The van der Waals surface area contributed by atoms with Crippen molar-refractivity contribution in [3.63, 3.8) is 0 Å². The molecule has 0 amide bonds. The van der Waals surface area contributed by atoms with E-state index in [1.165, 1.54) is 5.56 Å². The van der Waals surface area contributed by atoms with Gasteiger partial charge >= 0.3 is 0 Å². The first-order chi connectivity index (χ1) is 11.4. The highest BCUT2D eigenvalue weighted by Crippen LogP contribution is 2.30. The van der Waals surface area contributed by atoms with E-state index < -0.39 is 0 Å². The molecular formula is C17H18N6O. The van der Waals surface area contributed by atoms with E-state index in [4.69, 9.17) is 21.6 Å². The predicted molar refractivity (Wildman–Crippen MR) is 96.0 cm³/mol. The number of oxazole rings is 1. The lowest BCUT2D eigenvalue weighted by Gasteiger charge is -1.98. The van der Waals surface area contributed by atoms with Crippen molar-refractivity contribution in [1.29, 1.82) is 0 Å². The van der Waals surface area contributed by atoms with E-state index in [0.29, 0.717) is 22.7 Å². The van der Waals surface area contributed by atoms with Gasteiger partial charge in [0.25, 0.3) is 0 Å². The summed E-state index contributed by atoms with van der Waals surface area (Å²) < 4.78 is 5.89. The van der Waals surface area contributed by atoms with E-state index in [2.05, 4.69) is 15.0 Å². The molecular weight excluding hydrogens is 304 g/mol. The maximum Gasteiger partial charge on any atom is 0.227 e. The Morgan fingerprint density at radius 1 is 1.04 bits per heavy atom. The highest BCUT2D eigenvalue weighted by Gasteiger charge is 2.11. The monoisotopic (exact) mass is 322 g/mol. The molecule has 0 radical (unpaired) electrons. The molecule has 0 atom stereocenters. The number of guanidine groups is 2. The van der Waals surface area contributed by atoms with Crippen LogP contribution >= 0.6 is 0 Å². The molecule has 0 aliphatic rings. The Kier molecular flexibility index (Phi) is 3.91. The summed E-state index contributed by atoms with van der Waals surface area (Å²) in [7, 11) is 0. The van der Waals surface area contributed by atoms with Crippen LogP contribution in [0, 0.1) is 13.8 Å². The minimum atomic E-state index is -0.142. The number of aryl methyl sites for hydroxylation is 2.